The Kier molecular flexibility index (Phi) is 4.86. The number of aromatic nitrogens is 2. The van der Waals surface area contributed by atoms with Gasteiger partial charge in [-0.1, -0.05) is 49.4 Å². The number of aromatic amines is 1. The number of hydrogen-bond acceptors (Lipinski definition) is 3. The number of amides is 1. The van der Waals surface area contributed by atoms with Crippen molar-refractivity contribution >= 4 is 16.9 Å². The molecule has 0 radical (unpaired) electrons. The lowest BCUT2D eigenvalue weighted by Gasteiger charge is -2.24. The molecule has 3 rings (SSSR count). The van der Waals surface area contributed by atoms with Crippen molar-refractivity contribution in [1.29, 1.82) is 0 Å². The fourth-order valence-corrected chi connectivity index (χ4v) is 2.96. The van der Waals surface area contributed by atoms with Crippen molar-refractivity contribution in [2.45, 2.75) is 38.3 Å². The molecule has 25 heavy (non-hydrogen) atoms. The second kappa shape index (κ2) is 7.07. The van der Waals surface area contributed by atoms with Gasteiger partial charge in [0.2, 0.25) is 5.91 Å². The summed E-state index contributed by atoms with van der Waals surface area (Å²) in [7, 11) is 0. The number of imidazole rings is 1. The molecule has 130 valence electrons. The molecule has 0 aliphatic rings. The molecule has 5 heteroatoms. The number of benzene rings is 2. The van der Waals surface area contributed by atoms with Gasteiger partial charge in [-0.15, -0.1) is 0 Å². The monoisotopic (exact) mass is 337 g/mol. The molecule has 0 fully saturated rings. The molecule has 1 heterocycles. The molecule has 2 atom stereocenters. The topological polar surface area (TPSA) is 78.0 Å². The van der Waals surface area contributed by atoms with Crippen molar-refractivity contribution < 1.29 is 9.90 Å². The smallest absolute Gasteiger partial charge is 0.223 e. The first-order valence-corrected chi connectivity index (χ1v) is 8.51. The van der Waals surface area contributed by atoms with Crippen LogP contribution in [0.25, 0.3) is 11.0 Å². The van der Waals surface area contributed by atoms with Crippen LogP contribution in [-0.4, -0.2) is 21.0 Å². The van der Waals surface area contributed by atoms with Gasteiger partial charge in [-0.2, -0.15) is 0 Å². The molecule has 1 amide bonds. The largest absolute Gasteiger partial charge is 0.385 e. The Morgan fingerprint density at radius 1 is 1.20 bits per heavy atom. The Balaban J connectivity index is 1.72. The predicted octanol–water partition coefficient (Wildman–Crippen LogP) is 3.43. The maximum absolute atomic E-state index is 12.5. The van der Waals surface area contributed by atoms with Crippen molar-refractivity contribution in [3.05, 3.63) is 66.0 Å². The van der Waals surface area contributed by atoms with Gasteiger partial charge in [0.25, 0.3) is 0 Å². The molecule has 5 nitrogen and oxygen atoms in total. The highest BCUT2D eigenvalue weighted by Gasteiger charge is 2.28. The molecule has 2 aromatic carbocycles. The summed E-state index contributed by atoms with van der Waals surface area (Å²) in [6, 6.07) is 16.8. The van der Waals surface area contributed by atoms with Crippen LogP contribution in [0, 0.1) is 0 Å². The van der Waals surface area contributed by atoms with Crippen LogP contribution in [0.4, 0.5) is 0 Å². The minimum atomic E-state index is -1.21. The van der Waals surface area contributed by atoms with Crippen LogP contribution in [0.1, 0.15) is 44.1 Å². The number of carbonyl (C=O) groups excluding carboxylic acids is 1. The minimum absolute atomic E-state index is 0.00621. The van der Waals surface area contributed by atoms with Crippen molar-refractivity contribution in [3.8, 4) is 0 Å². The Hall–Kier alpha value is -2.66. The van der Waals surface area contributed by atoms with Crippen molar-refractivity contribution in [1.82, 2.24) is 15.3 Å². The van der Waals surface area contributed by atoms with E-state index in [2.05, 4.69) is 15.3 Å². The zero-order valence-electron chi connectivity index (χ0n) is 14.5. The molecule has 3 aromatic rings. The minimum Gasteiger partial charge on any atom is -0.385 e. The highest BCUT2D eigenvalue weighted by Crippen LogP contribution is 2.25. The lowest BCUT2D eigenvalue weighted by Crippen LogP contribution is -2.35. The Morgan fingerprint density at radius 3 is 2.56 bits per heavy atom. The average molecular weight is 337 g/mol. The number of nitrogens with zero attached hydrogens (tertiary/aromatic N) is 1. The number of hydrogen-bond donors (Lipinski definition) is 3. The van der Waals surface area contributed by atoms with Gasteiger partial charge in [0.05, 0.1) is 29.1 Å². The van der Waals surface area contributed by atoms with E-state index in [9.17, 15) is 9.90 Å². The normalized spacial score (nSPS) is 14.8. The maximum Gasteiger partial charge on any atom is 0.223 e. The molecule has 0 bridgehead atoms. The lowest BCUT2D eigenvalue weighted by molar-refractivity contribution is -0.126. The average Bonchev–Trinajstić information content (AvgIpc) is 3.04. The van der Waals surface area contributed by atoms with E-state index in [1.54, 1.807) is 6.92 Å². The molecule has 0 saturated carbocycles. The summed E-state index contributed by atoms with van der Waals surface area (Å²) in [6.07, 6.45) is 0.701. The van der Waals surface area contributed by atoms with Gasteiger partial charge < -0.3 is 15.4 Å². The number of para-hydroxylation sites is 2. The summed E-state index contributed by atoms with van der Waals surface area (Å²) in [5, 5.41) is 13.6. The van der Waals surface area contributed by atoms with Gasteiger partial charge in [-0.05, 0) is 31.0 Å². The third-order valence-corrected chi connectivity index (χ3v) is 4.38. The van der Waals surface area contributed by atoms with Gasteiger partial charge in [0.15, 0.2) is 0 Å². The molecule has 0 aliphatic carbocycles. The molecule has 3 N–H and O–H groups in total. The van der Waals surface area contributed by atoms with Crippen LogP contribution in [-0.2, 0) is 10.4 Å². The van der Waals surface area contributed by atoms with E-state index in [4.69, 9.17) is 0 Å². The highest BCUT2D eigenvalue weighted by molar-refractivity contribution is 5.78. The third-order valence-electron chi connectivity index (χ3n) is 4.38. The Morgan fingerprint density at radius 2 is 1.88 bits per heavy atom. The number of H-pyrrole nitrogens is 1. The Bertz CT molecular complexity index is 823. The van der Waals surface area contributed by atoms with Crippen LogP contribution in [0.15, 0.2) is 54.6 Å². The lowest BCUT2D eigenvalue weighted by atomic mass is 9.92. The number of nitrogens with one attached hydrogen (secondary N) is 2. The number of carbonyl (C=O) groups is 1. The predicted molar refractivity (Wildman–Crippen MR) is 97.9 cm³/mol. The summed E-state index contributed by atoms with van der Waals surface area (Å²) in [4.78, 5) is 20.3. The van der Waals surface area contributed by atoms with Crippen LogP contribution < -0.4 is 5.32 Å². The van der Waals surface area contributed by atoms with Gasteiger partial charge >= 0.3 is 0 Å². The molecule has 0 saturated heterocycles. The molecule has 0 unspecified atom stereocenters. The zero-order chi connectivity index (χ0) is 17.9. The zero-order valence-corrected chi connectivity index (χ0v) is 14.5. The van der Waals surface area contributed by atoms with Crippen molar-refractivity contribution in [2.24, 2.45) is 0 Å². The van der Waals surface area contributed by atoms with Crippen molar-refractivity contribution in [2.75, 3.05) is 0 Å². The first-order chi connectivity index (χ1) is 12.0. The third kappa shape index (κ3) is 3.88. The summed E-state index contributed by atoms with van der Waals surface area (Å²) in [5.74, 6) is 0.526. The number of rotatable bonds is 6. The summed E-state index contributed by atoms with van der Waals surface area (Å²) >= 11 is 0. The summed E-state index contributed by atoms with van der Waals surface area (Å²) < 4.78 is 0. The Labute approximate surface area is 147 Å². The van der Waals surface area contributed by atoms with Gasteiger partial charge in [-0.25, -0.2) is 4.98 Å². The first kappa shape index (κ1) is 17.2. The van der Waals surface area contributed by atoms with Crippen LogP contribution >= 0.6 is 0 Å². The van der Waals surface area contributed by atoms with E-state index in [1.807, 2.05) is 61.5 Å². The van der Waals surface area contributed by atoms with Crippen molar-refractivity contribution in [3.63, 3.8) is 0 Å². The first-order valence-electron chi connectivity index (χ1n) is 8.51. The second-order valence-corrected chi connectivity index (χ2v) is 6.48. The molecule has 0 spiro atoms. The quantitative estimate of drug-likeness (QED) is 0.645. The van der Waals surface area contributed by atoms with Gasteiger partial charge in [-0.3, -0.25) is 4.79 Å². The maximum atomic E-state index is 12.5. The standard InChI is InChI=1S/C20H23N3O2/c1-3-15(19-22-16-11-7-8-12-17(16)23-19)21-18(24)13-20(2,25)14-9-5-4-6-10-14/h4-12,15,25H,3,13H2,1-2H3,(H,21,24)(H,22,23)/t15-,20+/m0/s1. The van der Waals surface area contributed by atoms with Crippen LogP contribution in [0.2, 0.25) is 0 Å². The molecular formula is C20H23N3O2. The highest BCUT2D eigenvalue weighted by atomic mass is 16.3. The summed E-state index contributed by atoms with van der Waals surface area (Å²) in [6.45, 7) is 3.65. The molecule has 1 aromatic heterocycles. The molecular weight excluding hydrogens is 314 g/mol. The second-order valence-electron chi connectivity index (χ2n) is 6.48. The molecule has 0 aliphatic heterocycles. The van der Waals surface area contributed by atoms with Crippen LogP contribution in [0.3, 0.4) is 0 Å². The number of fused-ring (bicyclic) bond motifs is 1. The van der Waals surface area contributed by atoms with E-state index in [0.717, 1.165) is 22.4 Å². The number of aliphatic hydroxyl groups is 1. The fourth-order valence-electron chi connectivity index (χ4n) is 2.96. The van der Waals surface area contributed by atoms with E-state index in [1.165, 1.54) is 0 Å². The van der Waals surface area contributed by atoms with Crippen LogP contribution in [0.5, 0.6) is 0 Å². The fraction of sp³-hybridized carbons (Fsp3) is 0.300. The van der Waals surface area contributed by atoms with Gasteiger partial charge in [0, 0.05) is 0 Å². The van der Waals surface area contributed by atoms with E-state index >= 15 is 0 Å². The summed E-state index contributed by atoms with van der Waals surface area (Å²) in [5.41, 5.74) is 1.34. The van der Waals surface area contributed by atoms with E-state index < -0.39 is 5.60 Å². The van der Waals surface area contributed by atoms with Gasteiger partial charge in [0.1, 0.15) is 5.82 Å². The SMILES string of the molecule is CC[C@H](NC(=O)C[C@@](C)(O)c1ccccc1)c1nc2ccccc2[nH]1. The van der Waals surface area contributed by atoms with E-state index in [0.29, 0.717) is 6.42 Å². The van der Waals surface area contributed by atoms with E-state index in [-0.39, 0.29) is 18.4 Å².